The number of amides is 2. The van der Waals surface area contributed by atoms with Gasteiger partial charge in [-0.15, -0.1) is 0 Å². The van der Waals surface area contributed by atoms with E-state index in [4.69, 9.17) is 11.5 Å². The molecule has 2 heterocycles. The Kier molecular flexibility index (Phi) is 4.99. The number of carbonyl (C=O) groups excluding carboxylic acids is 2. The second-order valence-electron chi connectivity index (χ2n) is 6.22. The van der Waals surface area contributed by atoms with E-state index in [1.54, 1.807) is 4.90 Å². The molecule has 6 nitrogen and oxygen atoms in total. The predicted molar refractivity (Wildman–Crippen MR) is 76.7 cm³/mol. The summed E-state index contributed by atoms with van der Waals surface area (Å²) >= 11 is 0. The molecule has 3 atom stereocenters. The quantitative estimate of drug-likeness (QED) is 0.718. The number of nitrogens with zero attached hydrogens (tertiary/aromatic N) is 2. The number of hydrogen-bond acceptors (Lipinski definition) is 4. The van der Waals surface area contributed by atoms with Crippen LogP contribution in [0.15, 0.2) is 0 Å². The standard InChI is InChI=1S/C14H26N4O2/c1-10(15)11-4-6-17(7-11)9-13(19)18-5-2-3-12(8-18)14(16)20/h10-12H,2-9,15H2,1H3,(H2,16,20). The van der Waals surface area contributed by atoms with Crippen molar-refractivity contribution in [1.82, 2.24) is 9.80 Å². The van der Waals surface area contributed by atoms with E-state index >= 15 is 0 Å². The van der Waals surface area contributed by atoms with Crippen LogP contribution in [0.1, 0.15) is 26.2 Å². The van der Waals surface area contributed by atoms with Gasteiger partial charge in [0.05, 0.1) is 12.5 Å². The fourth-order valence-electron chi connectivity index (χ4n) is 3.16. The fraction of sp³-hybridized carbons (Fsp3) is 0.857. The first-order valence-electron chi connectivity index (χ1n) is 7.52. The molecular formula is C14H26N4O2. The lowest BCUT2D eigenvalue weighted by molar-refractivity contribution is -0.135. The molecule has 2 aliphatic heterocycles. The Bertz CT molecular complexity index is 372. The molecule has 0 saturated carbocycles. The van der Waals surface area contributed by atoms with E-state index in [1.807, 2.05) is 6.92 Å². The van der Waals surface area contributed by atoms with Crippen molar-refractivity contribution >= 4 is 11.8 Å². The van der Waals surface area contributed by atoms with Gasteiger partial charge >= 0.3 is 0 Å². The summed E-state index contributed by atoms with van der Waals surface area (Å²) in [7, 11) is 0. The van der Waals surface area contributed by atoms with Crippen LogP contribution < -0.4 is 11.5 Å². The molecule has 0 aromatic carbocycles. The molecule has 0 aliphatic carbocycles. The van der Waals surface area contributed by atoms with Crippen molar-refractivity contribution in [2.75, 3.05) is 32.7 Å². The van der Waals surface area contributed by atoms with Gasteiger partial charge in [0.1, 0.15) is 0 Å². The maximum Gasteiger partial charge on any atom is 0.236 e. The zero-order valence-corrected chi connectivity index (χ0v) is 12.3. The minimum absolute atomic E-state index is 0.112. The summed E-state index contributed by atoms with van der Waals surface area (Å²) in [4.78, 5) is 27.5. The van der Waals surface area contributed by atoms with Crippen molar-refractivity contribution in [2.24, 2.45) is 23.3 Å². The lowest BCUT2D eigenvalue weighted by Crippen LogP contribution is -2.47. The van der Waals surface area contributed by atoms with E-state index in [0.29, 0.717) is 19.0 Å². The van der Waals surface area contributed by atoms with Gasteiger partial charge in [-0.2, -0.15) is 0 Å². The summed E-state index contributed by atoms with van der Waals surface area (Å²) in [6.45, 7) is 5.53. The Balaban J connectivity index is 1.81. The Morgan fingerprint density at radius 1 is 1.25 bits per heavy atom. The van der Waals surface area contributed by atoms with Crippen molar-refractivity contribution in [2.45, 2.75) is 32.2 Å². The summed E-state index contributed by atoms with van der Waals surface area (Å²) in [5.74, 6) is 0.132. The molecule has 2 rings (SSSR count). The number of carbonyl (C=O) groups is 2. The number of rotatable bonds is 4. The molecule has 2 aliphatic rings. The first kappa shape index (κ1) is 15.3. The van der Waals surface area contributed by atoms with E-state index < -0.39 is 0 Å². The monoisotopic (exact) mass is 282 g/mol. The van der Waals surface area contributed by atoms with Crippen molar-refractivity contribution in [3.8, 4) is 0 Å². The van der Waals surface area contributed by atoms with Crippen LogP contribution in [-0.2, 0) is 9.59 Å². The molecule has 4 N–H and O–H groups in total. The molecule has 0 bridgehead atoms. The molecule has 3 unspecified atom stereocenters. The van der Waals surface area contributed by atoms with Crippen LogP contribution in [0.4, 0.5) is 0 Å². The Labute approximate surface area is 120 Å². The van der Waals surface area contributed by atoms with Crippen LogP contribution in [0, 0.1) is 11.8 Å². The van der Waals surface area contributed by atoms with Crippen molar-refractivity contribution in [3.05, 3.63) is 0 Å². The molecule has 0 radical (unpaired) electrons. The minimum Gasteiger partial charge on any atom is -0.369 e. The number of hydrogen-bond donors (Lipinski definition) is 2. The van der Waals surface area contributed by atoms with E-state index in [-0.39, 0.29) is 23.8 Å². The lowest BCUT2D eigenvalue weighted by atomic mass is 9.97. The van der Waals surface area contributed by atoms with Gasteiger partial charge in [0.25, 0.3) is 0 Å². The number of likely N-dealkylation sites (tertiary alicyclic amines) is 2. The summed E-state index contributed by atoms with van der Waals surface area (Å²) in [5.41, 5.74) is 11.3. The van der Waals surface area contributed by atoms with Gasteiger partial charge < -0.3 is 16.4 Å². The van der Waals surface area contributed by atoms with Gasteiger partial charge in [-0.05, 0) is 38.6 Å². The molecular weight excluding hydrogens is 256 g/mol. The highest BCUT2D eigenvalue weighted by Crippen LogP contribution is 2.20. The highest BCUT2D eigenvalue weighted by molar-refractivity contribution is 5.81. The van der Waals surface area contributed by atoms with E-state index in [0.717, 1.165) is 38.9 Å². The third kappa shape index (κ3) is 3.70. The van der Waals surface area contributed by atoms with E-state index in [2.05, 4.69) is 4.90 Å². The van der Waals surface area contributed by atoms with Crippen LogP contribution in [0.5, 0.6) is 0 Å². The normalized spacial score (nSPS) is 29.4. The highest BCUT2D eigenvalue weighted by Gasteiger charge is 2.30. The molecule has 2 amide bonds. The maximum absolute atomic E-state index is 12.3. The van der Waals surface area contributed by atoms with Crippen molar-refractivity contribution < 1.29 is 9.59 Å². The summed E-state index contributed by atoms with van der Waals surface area (Å²) < 4.78 is 0. The molecule has 2 saturated heterocycles. The van der Waals surface area contributed by atoms with E-state index in [9.17, 15) is 9.59 Å². The third-order valence-corrected chi connectivity index (χ3v) is 4.59. The predicted octanol–water partition coefficient (Wildman–Crippen LogP) is -0.621. The average molecular weight is 282 g/mol. The minimum atomic E-state index is -0.291. The zero-order chi connectivity index (χ0) is 14.7. The Morgan fingerprint density at radius 3 is 2.60 bits per heavy atom. The largest absolute Gasteiger partial charge is 0.369 e. The van der Waals surface area contributed by atoms with Crippen molar-refractivity contribution in [3.63, 3.8) is 0 Å². The zero-order valence-electron chi connectivity index (χ0n) is 12.3. The van der Waals surface area contributed by atoms with Gasteiger partial charge in [0.2, 0.25) is 11.8 Å². The van der Waals surface area contributed by atoms with Gasteiger partial charge in [-0.25, -0.2) is 0 Å². The van der Waals surface area contributed by atoms with Crippen LogP contribution >= 0.6 is 0 Å². The molecule has 0 aromatic rings. The molecule has 2 fully saturated rings. The smallest absolute Gasteiger partial charge is 0.236 e. The Hall–Kier alpha value is -1.14. The Morgan fingerprint density at radius 2 is 2.00 bits per heavy atom. The van der Waals surface area contributed by atoms with E-state index in [1.165, 1.54) is 0 Å². The number of nitrogens with two attached hydrogens (primary N) is 2. The van der Waals surface area contributed by atoms with Crippen molar-refractivity contribution in [1.29, 1.82) is 0 Å². The van der Waals surface area contributed by atoms with Gasteiger partial charge in [0.15, 0.2) is 0 Å². The summed E-state index contributed by atoms with van der Waals surface area (Å²) in [6, 6.07) is 0.185. The summed E-state index contributed by atoms with van der Waals surface area (Å²) in [5, 5.41) is 0. The molecule has 114 valence electrons. The SMILES string of the molecule is CC(N)C1CCN(CC(=O)N2CCCC(C(N)=O)C2)C1. The first-order chi connectivity index (χ1) is 9.47. The highest BCUT2D eigenvalue weighted by atomic mass is 16.2. The molecule has 20 heavy (non-hydrogen) atoms. The van der Waals surface area contributed by atoms with Gasteiger partial charge in [-0.3, -0.25) is 14.5 Å². The average Bonchev–Trinajstić information content (AvgIpc) is 2.87. The van der Waals surface area contributed by atoms with Crippen LogP contribution in [0.3, 0.4) is 0 Å². The second kappa shape index (κ2) is 6.54. The second-order valence-corrected chi connectivity index (χ2v) is 6.22. The third-order valence-electron chi connectivity index (χ3n) is 4.59. The molecule has 6 heteroatoms. The van der Waals surface area contributed by atoms with Crippen LogP contribution in [-0.4, -0.2) is 60.4 Å². The summed E-state index contributed by atoms with van der Waals surface area (Å²) in [6.07, 6.45) is 2.73. The number of piperidine rings is 1. The van der Waals surface area contributed by atoms with Crippen LogP contribution in [0.2, 0.25) is 0 Å². The van der Waals surface area contributed by atoms with Crippen LogP contribution in [0.25, 0.3) is 0 Å². The lowest BCUT2D eigenvalue weighted by Gasteiger charge is -2.32. The number of primary amides is 1. The van der Waals surface area contributed by atoms with Gasteiger partial charge in [-0.1, -0.05) is 0 Å². The van der Waals surface area contributed by atoms with Gasteiger partial charge in [0, 0.05) is 25.7 Å². The topological polar surface area (TPSA) is 92.7 Å². The fourth-order valence-corrected chi connectivity index (χ4v) is 3.16. The maximum atomic E-state index is 12.3. The first-order valence-corrected chi connectivity index (χ1v) is 7.52. The molecule has 0 aromatic heterocycles. The molecule has 0 spiro atoms.